The van der Waals surface area contributed by atoms with E-state index in [1.165, 1.54) is 29.2 Å². The number of nitrogens with zero attached hydrogens (tertiary/aromatic N) is 1. The highest BCUT2D eigenvalue weighted by molar-refractivity contribution is 5.83. The van der Waals surface area contributed by atoms with E-state index in [1.807, 2.05) is 0 Å². The summed E-state index contributed by atoms with van der Waals surface area (Å²) in [5.41, 5.74) is 7.60. The Morgan fingerprint density at radius 3 is 2.50 bits per heavy atom. The monoisotopic (exact) mass is 270 g/mol. The fourth-order valence-electron chi connectivity index (χ4n) is 2.67. The Morgan fingerprint density at radius 2 is 1.80 bits per heavy atom. The van der Waals surface area contributed by atoms with Gasteiger partial charge < -0.3 is 10.6 Å². The fourth-order valence-corrected chi connectivity index (χ4v) is 2.67. The van der Waals surface area contributed by atoms with Crippen molar-refractivity contribution in [2.75, 3.05) is 13.6 Å². The molecule has 0 bridgehead atoms. The number of nitrogens with two attached hydrogens (primary N) is 1. The van der Waals surface area contributed by atoms with Crippen molar-refractivity contribution in [1.29, 1.82) is 0 Å². The lowest BCUT2D eigenvalue weighted by Crippen LogP contribution is -2.35. The first-order valence-electron chi connectivity index (χ1n) is 7.56. The van der Waals surface area contributed by atoms with Gasteiger partial charge in [-0.25, -0.2) is 0 Å². The van der Waals surface area contributed by atoms with Crippen molar-refractivity contribution in [3.05, 3.63) is 48.0 Å². The van der Waals surface area contributed by atoms with Crippen LogP contribution in [0.1, 0.15) is 38.3 Å². The normalized spacial score (nSPS) is 14.7. The molecule has 0 fully saturated rings. The third-order valence-electron chi connectivity index (χ3n) is 4.15. The van der Waals surface area contributed by atoms with E-state index in [4.69, 9.17) is 5.73 Å². The molecule has 2 rings (SSSR count). The van der Waals surface area contributed by atoms with Crippen molar-refractivity contribution in [3.8, 4) is 0 Å². The number of hydrogen-bond acceptors (Lipinski definition) is 2. The van der Waals surface area contributed by atoms with E-state index < -0.39 is 0 Å². The summed E-state index contributed by atoms with van der Waals surface area (Å²) in [7, 11) is 2.17. The van der Waals surface area contributed by atoms with Gasteiger partial charge in [-0.1, -0.05) is 49.7 Å². The topological polar surface area (TPSA) is 29.3 Å². The van der Waals surface area contributed by atoms with Gasteiger partial charge in [0.15, 0.2) is 0 Å². The zero-order valence-electron chi connectivity index (χ0n) is 12.8. The van der Waals surface area contributed by atoms with Gasteiger partial charge in [0.1, 0.15) is 0 Å². The smallest absolute Gasteiger partial charge is 0.0424 e. The van der Waals surface area contributed by atoms with Crippen LogP contribution in [0.5, 0.6) is 0 Å². The molecule has 0 radical (unpaired) electrons. The number of fused-ring (bicyclic) bond motifs is 1. The first-order chi connectivity index (χ1) is 9.61. The molecule has 0 saturated carbocycles. The summed E-state index contributed by atoms with van der Waals surface area (Å²) in [5, 5.41) is 2.54. The lowest BCUT2D eigenvalue weighted by molar-refractivity contribution is 0.231. The first-order valence-corrected chi connectivity index (χ1v) is 7.56. The summed E-state index contributed by atoms with van der Waals surface area (Å²) in [6, 6.07) is 15.6. The maximum absolute atomic E-state index is 6.38. The van der Waals surface area contributed by atoms with Crippen molar-refractivity contribution in [1.82, 2.24) is 4.90 Å². The van der Waals surface area contributed by atoms with Crippen LogP contribution in [0.3, 0.4) is 0 Å². The van der Waals surface area contributed by atoms with Crippen molar-refractivity contribution in [2.45, 2.75) is 38.8 Å². The van der Waals surface area contributed by atoms with E-state index in [1.54, 1.807) is 0 Å². The van der Waals surface area contributed by atoms with Crippen LogP contribution >= 0.6 is 0 Å². The van der Waals surface area contributed by atoms with Gasteiger partial charge in [0.05, 0.1) is 0 Å². The minimum absolute atomic E-state index is 0.0731. The molecule has 2 heteroatoms. The minimum atomic E-state index is 0.0731. The minimum Gasteiger partial charge on any atom is -0.323 e. The molecule has 0 aromatic heterocycles. The molecule has 20 heavy (non-hydrogen) atoms. The number of benzene rings is 2. The highest BCUT2D eigenvalue weighted by Crippen LogP contribution is 2.20. The van der Waals surface area contributed by atoms with Crippen molar-refractivity contribution in [3.63, 3.8) is 0 Å². The third kappa shape index (κ3) is 3.59. The van der Waals surface area contributed by atoms with Gasteiger partial charge in [0.25, 0.3) is 0 Å². The second-order valence-electron chi connectivity index (χ2n) is 5.79. The molecule has 2 N–H and O–H groups in total. The average Bonchev–Trinajstić information content (AvgIpc) is 2.46. The van der Waals surface area contributed by atoms with E-state index >= 15 is 0 Å². The van der Waals surface area contributed by atoms with Crippen LogP contribution in [0.4, 0.5) is 0 Å². The van der Waals surface area contributed by atoms with E-state index in [9.17, 15) is 0 Å². The Balaban J connectivity index is 2.08. The molecule has 2 nitrogen and oxygen atoms in total. The molecule has 0 aliphatic carbocycles. The van der Waals surface area contributed by atoms with Crippen LogP contribution in [0, 0.1) is 0 Å². The van der Waals surface area contributed by atoms with E-state index in [-0.39, 0.29) is 6.04 Å². The van der Waals surface area contributed by atoms with Crippen LogP contribution in [0.25, 0.3) is 10.8 Å². The Morgan fingerprint density at radius 1 is 1.10 bits per heavy atom. The largest absolute Gasteiger partial charge is 0.323 e. The number of rotatable bonds is 6. The molecule has 2 atom stereocenters. The van der Waals surface area contributed by atoms with Crippen molar-refractivity contribution < 1.29 is 0 Å². The van der Waals surface area contributed by atoms with Gasteiger partial charge >= 0.3 is 0 Å². The van der Waals surface area contributed by atoms with Gasteiger partial charge in [-0.3, -0.25) is 0 Å². The SMILES string of the molecule is CCCC(C)N(C)CC(N)c1ccc2ccccc2c1. The van der Waals surface area contributed by atoms with Gasteiger partial charge in [-0.15, -0.1) is 0 Å². The lowest BCUT2D eigenvalue weighted by atomic mass is 10.0. The van der Waals surface area contributed by atoms with Gasteiger partial charge in [-0.2, -0.15) is 0 Å². The molecule has 2 aromatic carbocycles. The Hall–Kier alpha value is -1.38. The van der Waals surface area contributed by atoms with E-state index in [0.717, 1.165) is 6.54 Å². The number of hydrogen-bond donors (Lipinski definition) is 1. The Bertz CT molecular complexity index is 550. The van der Waals surface area contributed by atoms with Crippen LogP contribution < -0.4 is 5.73 Å². The summed E-state index contributed by atoms with van der Waals surface area (Å²) in [5.74, 6) is 0. The molecular formula is C18H26N2. The lowest BCUT2D eigenvalue weighted by Gasteiger charge is -2.27. The predicted molar refractivity (Wildman–Crippen MR) is 87.9 cm³/mol. The summed E-state index contributed by atoms with van der Waals surface area (Å²) in [6.07, 6.45) is 2.44. The summed E-state index contributed by atoms with van der Waals surface area (Å²) >= 11 is 0. The van der Waals surface area contributed by atoms with Crippen LogP contribution in [0.2, 0.25) is 0 Å². The van der Waals surface area contributed by atoms with Crippen molar-refractivity contribution >= 4 is 10.8 Å². The quantitative estimate of drug-likeness (QED) is 0.861. The van der Waals surface area contributed by atoms with E-state index in [2.05, 4.69) is 68.3 Å². The second-order valence-corrected chi connectivity index (χ2v) is 5.79. The highest BCUT2D eigenvalue weighted by atomic mass is 15.1. The first kappa shape index (κ1) is 15.0. The predicted octanol–water partition coefficient (Wildman–Crippen LogP) is 3.96. The molecule has 0 aliphatic heterocycles. The zero-order valence-corrected chi connectivity index (χ0v) is 12.8. The van der Waals surface area contributed by atoms with Gasteiger partial charge in [0.2, 0.25) is 0 Å². The zero-order chi connectivity index (χ0) is 14.5. The molecule has 0 aliphatic rings. The average molecular weight is 270 g/mol. The molecular weight excluding hydrogens is 244 g/mol. The molecule has 0 heterocycles. The molecule has 2 unspecified atom stereocenters. The van der Waals surface area contributed by atoms with E-state index in [0.29, 0.717) is 6.04 Å². The maximum atomic E-state index is 6.38. The summed E-state index contributed by atoms with van der Waals surface area (Å²) in [4.78, 5) is 2.36. The van der Waals surface area contributed by atoms with Crippen LogP contribution in [-0.4, -0.2) is 24.5 Å². The van der Waals surface area contributed by atoms with Crippen LogP contribution in [-0.2, 0) is 0 Å². The van der Waals surface area contributed by atoms with Crippen LogP contribution in [0.15, 0.2) is 42.5 Å². The van der Waals surface area contributed by atoms with Gasteiger partial charge in [-0.05, 0) is 42.8 Å². The third-order valence-corrected chi connectivity index (χ3v) is 4.15. The second kappa shape index (κ2) is 6.87. The molecule has 0 saturated heterocycles. The molecule has 2 aromatic rings. The summed E-state index contributed by atoms with van der Waals surface area (Å²) < 4.78 is 0. The maximum Gasteiger partial charge on any atom is 0.0424 e. The molecule has 0 spiro atoms. The summed E-state index contributed by atoms with van der Waals surface area (Å²) in [6.45, 7) is 5.41. The van der Waals surface area contributed by atoms with Gasteiger partial charge in [0, 0.05) is 18.6 Å². The Labute approximate surface area is 122 Å². The standard InChI is InChI=1S/C18H26N2/c1-4-7-14(2)20(3)13-18(19)17-11-10-15-8-5-6-9-16(15)12-17/h5-6,8-12,14,18H,4,7,13,19H2,1-3H3. The number of likely N-dealkylation sites (N-methyl/N-ethyl adjacent to an activating group) is 1. The Kier molecular flexibility index (Phi) is 5.16. The molecule has 108 valence electrons. The highest BCUT2D eigenvalue weighted by Gasteiger charge is 2.13. The van der Waals surface area contributed by atoms with Crippen molar-refractivity contribution in [2.24, 2.45) is 5.73 Å². The fraction of sp³-hybridized carbons (Fsp3) is 0.444. The molecule has 0 amide bonds.